The van der Waals surface area contributed by atoms with Crippen LogP contribution in [0.5, 0.6) is 0 Å². The molecule has 1 aliphatic carbocycles. The zero-order valence-electron chi connectivity index (χ0n) is 8.54. The van der Waals surface area contributed by atoms with Crippen LogP contribution >= 0.6 is 0 Å². The highest BCUT2D eigenvalue weighted by atomic mass is 14.8. The third-order valence-electron chi connectivity index (χ3n) is 3.43. The van der Waals surface area contributed by atoms with Crippen LogP contribution in [0, 0.1) is 12.3 Å². The molecule has 0 saturated heterocycles. The summed E-state index contributed by atoms with van der Waals surface area (Å²) in [4.78, 5) is 0. The van der Waals surface area contributed by atoms with Gasteiger partial charge in [-0.25, -0.2) is 0 Å². The van der Waals surface area contributed by atoms with Crippen LogP contribution < -0.4 is 5.73 Å². The van der Waals surface area contributed by atoms with E-state index >= 15 is 0 Å². The summed E-state index contributed by atoms with van der Waals surface area (Å²) in [6.07, 6.45) is 0. The van der Waals surface area contributed by atoms with E-state index in [4.69, 9.17) is 5.73 Å². The fraction of sp³-hybridized carbons (Fsp3) is 0.500. The third-order valence-corrected chi connectivity index (χ3v) is 3.43. The van der Waals surface area contributed by atoms with Gasteiger partial charge in [-0.05, 0) is 23.5 Å². The minimum atomic E-state index is 0.298. The van der Waals surface area contributed by atoms with Crippen molar-refractivity contribution in [1.29, 1.82) is 0 Å². The molecule has 0 spiro atoms. The van der Waals surface area contributed by atoms with E-state index < -0.39 is 0 Å². The first-order valence-electron chi connectivity index (χ1n) is 4.86. The van der Waals surface area contributed by atoms with Gasteiger partial charge in [-0.2, -0.15) is 0 Å². The van der Waals surface area contributed by atoms with Crippen LogP contribution in [0.4, 0.5) is 0 Å². The Labute approximate surface area is 80.0 Å². The second kappa shape index (κ2) is 2.58. The van der Waals surface area contributed by atoms with E-state index in [2.05, 4.69) is 45.0 Å². The van der Waals surface area contributed by atoms with E-state index in [1.54, 1.807) is 0 Å². The Morgan fingerprint density at radius 1 is 1.23 bits per heavy atom. The average molecular weight is 175 g/mol. The summed E-state index contributed by atoms with van der Waals surface area (Å²) in [6.45, 7) is 6.65. The van der Waals surface area contributed by atoms with Crippen molar-refractivity contribution in [3.8, 4) is 0 Å². The summed E-state index contributed by atoms with van der Waals surface area (Å²) < 4.78 is 0. The van der Waals surface area contributed by atoms with Gasteiger partial charge in [0.2, 0.25) is 0 Å². The third kappa shape index (κ3) is 1.19. The largest absolute Gasteiger partial charge is 0.327 e. The standard InChI is InChI=1S/C12H17N/c1-8-6-4-5-7-9(8)10-11(13)12(10,2)3/h4-7,10-11H,13H2,1-3H3. The molecule has 2 rings (SSSR count). The maximum atomic E-state index is 6.05. The molecule has 1 aromatic carbocycles. The van der Waals surface area contributed by atoms with Crippen LogP contribution in [0.1, 0.15) is 30.9 Å². The molecule has 1 heteroatoms. The first-order valence-corrected chi connectivity index (χ1v) is 4.86. The van der Waals surface area contributed by atoms with Gasteiger partial charge in [0.25, 0.3) is 0 Å². The van der Waals surface area contributed by atoms with Gasteiger partial charge < -0.3 is 5.73 Å². The van der Waals surface area contributed by atoms with E-state index in [0.717, 1.165) is 0 Å². The smallest absolute Gasteiger partial charge is 0.0172 e. The molecule has 2 unspecified atom stereocenters. The summed E-state index contributed by atoms with van der Waals surface area (Å²) in [5, 5.41) is 0. The highest BCUT2D eigenvalue weighted by Crippen LogP contribution is 2.57. The fourth-order valence-corrected chi connectivity index (χ4v) is 2.21. The molecule has 0 heterocycles. The highest BCUT2D eigenvalue weighted by Gasteiger charge is 2.56. The van der Waals surface area contributed by atoms with Crippen molar-refractivity contribution in [2.45, 2.75) is 32.7 Å². The molecule has 1 saturated carbocycles. The lowest BCUT2D eigenvalue weighted by molar-refractivity contribution is 0.598. The van der Waals surface area contributed by atoms with Crippen molar-refractivity contribution in [1.82, 2.24) is 0 Å². The van der Waals surface area contributed by atoms with Gasteiger partial charge in [-0.15, -0.1) is 0 Å². The molecule has 2 N–H and O–H groups in total. The number of nitrogens with two attached hydrogens (primary N) is 1. The van der Waals surface area contributed by atoms with Crippen LogP contribution in [0.25, 0.3) is 0 Å². The summed E-state index contributed by atoms with van der Waals surface area (Å²) in [5.41, 5.74) is 9.14. The molecule has 0 bridgehead atoms. The molecular formula is C12H17N. The van der Waals surface area contributed by atoms with Gasteiger partial charge in [0.15, 0.2) is 0 Å². The van der Waals surface area contributed by atoms with Gasteiger partial charge in [0, 0.05) is 12.0 Å². The zero-order valence-corrected chi connectivity index (χ0v) is 8.54. The Balaban J connectivity index is 2.34. The Kier molecular flexibility index (Phi) is 1.74. The summed E-state index contributed by atoms with van der Waals surface area (Å²) >= 11 is 0. The van der Waals surface area contributed by atoms with Crippen molar-refractivity contribution in [2.24, 2.45) is 11.1 Å². The molecule has 70 valence electrons. The minimum Gasteiger partial charge on any atom is -0.327 e. The van der Waals surface area contributed by atoms with E-state index in [-0.39, 0.29) is 0 Å². The number of hydrogen-bond acceptors (Lipinski definition) is 1. The predicted molar refractivity (Wildman–Crippen MR) is 55.7 cm³/mol. The Hall–Kier alpha value is -0.820. The molecule has 0 aliphatic heterocycles. The number of hydrogen-bond donors (Lipinski definition) is 1. The Morgan fingerprint density at radius 3 is 2.23 bits per heavy atom. The van der Waals surface area contributed by atoms with Crippen molar-refractivity contribution >= 4 is 0 Å². The lowest BCUT2D eigenvalue weighted by Crippen LogP contribution is -2.06. The lowest BCUT2D eigenvalue weighted by atomic mass is 9.99. The molecule has 0 aromatic heterocycles. The van der Waals surface area contributed by atoms with E-state index in [1.165, 1.54) is 11.1 Å². The van der Waals surface area contributed by atoms with E-state index in [0.29, 0.717) is 17.4 Å². The average Bonchev–Trinajstić information content (AvgIpc) is 2.54. The second-order valence-electron chi connectivity index (χ2n) is 4.68. The molecule has 0 amide bonds. The zero-order chi connectivity index (χ0) is 9.64. The van der Waals surface area contributed by atoms with Gasteiger partial charge >= 0.3 is 0 Å². The summed E-state index contributed by atoms with van der Waals surface area (Å²) in [5.74, 6) is 0.564. The SMILES string of the molecule is Cc1ccccc1C1C(N)C1(C)C. The summed E-state index contributed by atoms with van der Waals surface area (Å²) in [6, 6.07) is 8.89. The Morgan fingerprint density at radius 2 is 1.77 bits per heavy atom. The quantitative estimate of drug-likeness (QED) is 0.697. The van der Waals surface area contributed by atoms with Gasteiger partial charge in [0.05, 0.1) is 0 Å². The first kappa shape index (κ1) is 8.76. The number of rotatable bonds is 1. The normalized spacial score (nSPS) is 30.2. The molecule has 0 radical (unpaired) electrons. The molecular weight excluding hydrogens is 158 g/mol. The van der Waals surface area contributed by atoms with E-state index in [1.807, 2.05) is 0 Å². The second-order valence-corrected chi connectivity index (χ2v) is 4.68. The molecule has 13 heavy (non-hydrogen) atoms. The van der Waals surface area contributed by atoms with Crippen LogP contribution in [-0.4, -0.2) is 6.04 Å². The van der Waals surface area contributed by atoms with E-state index in [9.17, 15) is 0 Å². The van der Waals surface area contributed by atoms with Gasteiger partial charge in [0.1, 0.15) is 0 Å². The maximum absolute atomic E-state index is 6.05. The monoisotopic (exact) mass is 175 g/mol. The Bertz CT molecular complexity index is 328. The minimum absolute atomic E-state index is 0.298. The molecule has 1 fully saturated rings. The lowest BCUT2D eigenvalue weighted by Gasteiger charge is -2.05. The maximum Gasteiger partial charge on any atom is 0.0172 e. The van der Waals surface area contributed by atoms with Crippen LogP contribution in [0.3, 0.4) is 0 Å². The molecule has 1 aromatic rings. The fourth-order valence-electron chi connectivity index (χ4n) is 2.21. The van der Waals surface area contributed by atoms with Crippen LogP contribution in [0.15, 0.2) is 24.3 Å². The first-order chi connectivity index (χ1) is 6.05. The molecule has 1 nitrogen and oxygen atoms in total. The van der Waals surface area contributed by atoms with Crippen LogP contribution in [-0.2, 0) is 0 Å². The predicted octanol–water partition coefficient (Wildman–Crippen LogP) is 2.45. The van der Waals surface area contributed by atoms with Crippen LogP contribution in [0.2, 0.25) is 0 Å². The number of benzene rings is 1. The molecule has 1 aliphatic rings. The van der Waals surface area contributed by atoms with Crippen molar-refractivity contribution in [2.75, 3.05) is 0 Å². The van der Waals surface area contributed by atoms with Gasteiger partial charge in [-0.1, -0.05) is 38.1 Å². The van der Waals surface area contributed by atoms with Gasteiger partial charge in [-0.3, -0.25) is 0 Å². The van der Waals surface area contributed by atoms with Crippen molar-refractivity contribution in [3.05, 3.63) is 35.4 Å². The highest BCUT2D eigenvalue weighted by molar-refractivity contribution is 5.39. The van der Waals surface area contributed by atoms with Crippen molar-refractivity contribution in [3.63, 3.8) is 0 Å². The topological polar surface area (TPSA) is 26.0 Å². The summed E-state index contributed by atoms with van der Waals surface area (Å²) in [7, 11) is 0. The van der Waals surface area contributed by atoms with Crippen molar-refractivity contribution < 1.29 is 0 Å². The molecule has 2 atom stereocenters. The number of aryl methyl sites for hydroxylation is 1.